The highest BCUT2D eigenvalue weighted by Crippen LogP contribution is 2.17. The highest BCUT2D eigenvalue weighted by atomic mass is 16.5. The normalized spacial score (nSPS) is 10.1. The lowest BCUT2D eigenvalue weighted by atomic mass is 10.2. The molecule has 0 saturated carbocycles. The van der Waals surface area contributed by atoms with Gasteiger partial charge < -0.3 is 19.7 Å². The van der Waals surface area contributed by atoms with Gasteiger partial charge in [-0.1, -0.05) is 24.3 Å². The molecule has 0 aromatic heterocycles. The lowest BCUT2D eigenvalue weighted by Crippen LogP contribution is -2.37. The fraction of sp³-hybridized carbons (Fsp3) is 0.300. The van der Waals surface area contributed by atoms with E-state index >= 15 is 0 Å². The minimum Gasteiger partial charge on any atom is -0.497 e. The third-order valence-corrected chi connectivity index (χ3v) is 3.84. The molecule has 0 unspecified atom stereocenters. The number of amides is 2. The zero-order valence-corrected chi connectivity index (χ0v) is 15.3. The maximum atomic E-state index is 12.3. The van der Waals surface area contributed by atoms with Gasteiger partial charge in [0.15, 0.2) is 0 Å². The zero-order chi connectivity index (χ0) is 18.9. The number of ether oxygens (including phenoxy) is 2. The van der Waals surface area contributed by atoms with Crippen LogP contribution in [0.5, 0.6) is 11.5 Å². The van der Waals surface area contributed by atoms with Crippen molar-refractivity contribution in [2.45, 2.75) is 13.5 Å². The van der Waals surface area contributed by atoms with Crippen molar-refractivity contribution in [3.05, 3.63) is 59.7 Å². The molecule has 26 heavy (non-hydrogen) atoms. The van der Waals surface area contributed by atoms with Gasteiger partial charge in [-0.15, -0.1) is 0 Å². The highest BCUT2D eigenvalue weighted by Gasteiger charge is 2.15. The number of nitrogens with one attached hydrogen (secondary N) is 1. The SMILES string of the molecule is CCOc1ccccc1C(=O)NCC(=O)N(C)Cc1ccc(OC)cc1. The van der Waals surface area contributed by atoms with Crippen molar-refractivity contribution in [2.24, 2.45) is 0 Å². The maximum absolute atomic E-state index is 12.3. The fourth-order valence-corrected chi connectivity index (χ4v) is 2.41. The molecular formula is C20H24N2O4. The lowest BCUT2D eigenvalue weighted by Gasteiger charge is -2.18. The zero-order valence-electron chi connectivity index (χ0n) is 15.3. The molecule has 2 rings (SSSR count). The Balaban J connectivity index is 1.89. The van der Waals surface area contributed by atoms with Gasteiger partial charge in [0.1, 0.15) is 11.5 Å². The number of methoxy groups -OCH3 is 1. The molecule has 0 aliphatic carbocycles. The minimum atomic E-state index is -0.333. The lowest BCUT2D eigenvalue weighted by molar-refractivity contribution is -0.129. The second kappa shape index (κ2) is 9.46. The van der Waals surface area contributed by atoms with Crippen LogP contribution in [0.3, 0.4) is 0 Å². The number of carbonyl (C=O) groups excluding carboxylic acids is 2. The Morgan fingerprint density at radius 2 is 1.77 bits per heavy atom. The van der Waals surface area contributed by atoms with Gasteiger partial charge in [-0.05, 0) is 36.8 Å². The van der Waals surface area contributed by atoms with E-state index in [0.717, 1.165) is 11.3 Å². The molecule has 0 aliphatic heterocycles. The Labute approximate surface area is 153 Å². The second-order valence-corrected chi connectivity index (χ2v) is 5.71. The number of para-hydroxylation sites is 1. The first-order chi connectivity index (χ1) is 12.5. The highest BCUT2D eigenvalue weighted by molar-refractivity contribution is 5.98. The summed E-state index contributed by atoms with van der Waals surface area (Å²) in [6.45, 7) is 2.69. The summed E-state index contributed by atoms with van der Waals surface area (Å²) in [6.07, 6.45) is 0. The van der Waals surface area contributed by atoms with Gasteiger partial charge in [0.2, 0.25) is 5.91 Å². The van der Waals surface area contributed by atoms with Crippen LogP contribution >= 0.6 is 0 Å². The van der Waals surface area contributed by atoms with Gasteiger partial charge in [-0.25, -0.2) is 0 Å². The smallest absolute Gasteiger partial charge is 0.255 e. The van der Waals surface area contributed by atoms with E-state index in [4.69, 9.17) is 9.47 Å². The van der Waals surface area contributed by atoms with E-state index in [1.807, 2.05) is 31.2 Å². The van der Waals surface area contributed by atoms with Gasteiger partial charge in [-0.3, -0.25) is 9.59 Å². The number of rotatable bonds is 8. The van der Waals surface area contributed by atoms with Crippen molar-refractivity contribution in [1.82, 2.24) is 10.2 Å². The summed E-state index contributed by atoms with van der Waals surface area (Å²) in [4.78, 5) is 26.2. The third kappa shape index (κ3) is 5.24. The molecule has 2 amide bonds. The molecule has 138 valence electrons. The Morgan fingerprint density at radius 3 is 2.42 bits per heavy atom. The van der Waals surface area contributed by atoms with Crippen LogP contribution in [0, 0.1) is 0 Å². The molecule has 1 N–H and O–H groups in total. The van der Waals surface area contributed by atoms with Gasteiger partial charge in [0, 0.05) is 13.6 Å². The Kier molecular flexibility index (Phi) is 7.02. The van der Waals surface area contributed by atoms with Crippen molar-refractivity contribution >= 4 is 11.8 Å². The quantitative estimate of drug-likeness (QED) is 0.789. The Hall–Kier alpha value is -3.02. The van der Waals surface area contributed by atoms with E-state index in [0.29, 0.717) is 24.5 Å². The molecule has 0 aliphatic rings. The molecule has 0 fully saturated rings. The Bertz CT molecular complexity index is 744. The van der Waals surface area contributed by atoms with Crippen molar-refractivity contribution in [3.8, 4) is 11.5 Å². The molecule has 2 aromatic carbocycles. The number of carbonyl (C=O) groups is 2. The topological polar surface area (TPSA) is 67.9 Å². The van der Waals surface area contributed by atoms with Gasteiger partial charge in [0.05, 0.1) is 25.8 Å². The number of hydrogen-bond donors (Lipinski definition) is 1. The predicted molar refractivity (Wildman–Crippen MR) is 99.4 cm³/mol. The van der Waals surface area contributed by atoms with Gasteiger partial charge in [-0.2, -0.15) is 0 Å². The largest absolute Gasteiger partial charge is 0.497 e. The molecule has 6 nitrogen and oxygen atoms in total. The molecular weight excluding hydrogens is 332 g/mol. The van der Waals surface area contributed by atoms with Crippen LogP contribution in [-0.4, -0.2) is 44.0 Å². The van der Waals surface area contributed by atoms with Crippen molar-refractivity contribution in [2.75, 3.05) is 27.3 Å². The van der Waals surface area contributed by atoms with Crippen LogP contribution in [0.15, 0.2) is 48.5 Å². The summed E-state index contributed by atoms with van der Waals surface area (Å²) < 4.78 is 10.6. The monoisotopic (exact) mass is 356 g/mol. The first-order valence-corrected chi connectivity index (χ1v) is 8.42. The number of likely N-dealkylation sites (N-methyl/N-ethyl adjacent to an activating group) is 1. The first-order valence-electron chi connectivity index (χ1n) is 8.42. The van der Waals surface area contributed by atoms with Crippen molar-refractivity contribution in [3.63, 3.8) is 0 Å². The molecule has 0 heterocycles. The fourth-order valence-electron chi connectivity index (χ4n) is 2.41. The van der Waals surface area contributed by atoms with Crippen LogP contribution in [0.2, 0.25) is 0 Å². The van der Waals surface area contributed by atoms with Crippen LogP contribution in [0.25, 0.3) is 0 Å². The standard InChI is InChI=1S/C20H24N2O4/c1-4-26-18-8-6-5-7-17(18)20(24)21-13-19(23)22(2)14-15-9-11-16(25-3)12-10-15/h5-12H,4,13-14H2,1-3H3,(H,21,24). The van der Waals surface area contributed by atoms with Crippen molar-refractivity contribution < 1.29 is 19.1 Å². The van der Waals surface area contributed by atoms with Crippen LogP contribution in [-0.2, 0) is 11.3 Å². The van der Waals surface area contributed by atoms with E-state index in [9.17, 15) is 9.59 Å². The first kappa shape index (κ1) is 19.3. The van der Waals surface area contributed by atoms with Crippen molar-refractivity contribution in [1.29, 1.82) is 0 Å². The maximum Gasteiger partial charge on any atom is 0.255 e. The second-order valence-electron chi connectivity index (χ2n) is 5.71. The van der Waals surface area contributed by atoms with Crippen LogP contribution < -0.4 is 14.8 Å². The van der Waals surface area contributed by atoms with E-state index in [1.165, 1.54) is 0 Å². The van der Waals surface area contributed by atoms with E-state index in [-0.39, 0.29) is 18.4 Å². The molecule has 0 bridgehead atoms. The summed E-state index contributed by atoms with van der Waals surface area (Å²) in [5.74, 6) is 0.762. The van der Waals surface area contributed by atoms with E-state index in [1.54, 1.807) is 43.3 Å². The van der Waals surface area contributed by atoms with Crippen LogP contribution in [0.1, 0.15) is 22.8 Å². The Morgan fingerprint density at radius 1 is 1.08 bits per heavy atom. The average Bonchev–Trinajstić information content (AvgIpc) is 2.67. The minimum absolute atomic E-state index is 0.0774. The summed E-state index contributed by atoms with van der Waals surface area (Å²) in [6, 6.07) is 14.5. The molecule has 0 radical (unpaired) electrons. The summed E-state index contributed by atoms with van der Waals surface area (Å²) in [7, 11) is 3.31. The predicted octanol–water partition coefficient (Wildman–Crippen LogP) is 2.48. The van der Waals surface area contributed by atoms with E-state index < -0.39 is 0 Å². The molecule has 0 saturated heterocycles. The third-order valence-electron chi connectivity index (χ3n) is 3.84. The molecule has 0 atom stereocenters. The number of nitrogens with zero attached hydrogens (tertiary/aromatic N) is 1. The summed E-state index contributed by atoms with van der Waals surface area (Å²) >= 11 is 0. The average molecular weight is 356 g/mol. The van der Waals surface area contributed by atoms with Crippen LogP contribution in [0.4, 0.5) is 0 Å². The summed E-state index contributed by atoms with van der Waals surface area (Å²) in [5.41, 5.74) is 1.40. The number of hydrogen-bond acceptors (Lipinski definition) is 4. The van der Waals surface area contributed by atoms with Gasteiger partial charge >= 0.3 is 0 Å². The molecule has 0 spiro atoms. The molecule has 2 aromatic rings. The molecule has 6 heteroatoms. The van der Waals surface area contributed by atoms with E-state index in [2.05, 4.69) is 5.32 Å². The number of benzene rings is 2. The van der Waals surface area contributed by atoms with Gasteiger partial charge in [0.25, 0.3) is 5.91 Å². The summed E-state index contributed by atoms with van der Waals surface area (Å²) in [5, 5.41) is 2.65.